The smallest absolute Gasteiger partial charge is 0.112 e. The summed E-state index contributed by atoms with van der Waals surface area (Å²) in [5.74, 6) is 1.66. The molecule has 1 heterocycles. The maximum atomic E-state index is 6.49. The molecule has 0 aromatic carbocycles. The molecular weight excluding hydrogens is 226 g/mol. The molecule has 3 heteroatoms. The van der Waals surface area contributed by atoms with Crippen molar-refractivity contribution in [3.05, 3.63) is 11.8 Å². The Bertz CT molecular complexity index is 299. The van der Waals surface area contributed by atoms with Gasteiger partial charge in [-0.05, 0) is 44.6 Å². The first kappa shape index (κ1) is 13.9. The van der Waals surface area contributed by atoms with Crippen LogP contribution in [0.5, 0.6) is 0 Å². The maximum Gasteiger partial charge on any atom is 0.112 e. The van der Waals surface area contributed by atoms with E-state index in [-0.39, 0.29) is 11.6 Å². The van der Waals surface area contributed by atoms with Gasteiger partial charge < -0.3 is 15.2 Å². The van der Waals surface area contributed by atoms with Crippen LogP contribution < -0.4 is 5.73 Å². The van der Waals surface area contributed by atoms with Crippen molar-refractivity contribution in [2.45, 2.75) is 64.0 Å². The maximum absolute atomic E-state index is 6.49. The minimum atomic E-state index is -0.199. The minimum Gasteiger partial charge on any atom is -0.496 e. The molecule has 1 aliphatic carbocycles. The van der Waals surface area contributed by atoms with Gasteiger partial charge in [0.2, 0.25) is 0 Å². The molecule has 0 spiro atoms. The van der Waals surface area contributed by atoms with E-state index in [1.165, 1.54) is 12.8 Å². The van der Waals surface area contributed by atoms with Gasteiger partial charge in [0.25, 0.3) is 0 Å². The molecule has 3 nitrogen and oxygen atoms in total. The molecule has 0 amide bonds. The number of allylic oxidation sites excluding steroid dienone is 1. The number of hydrogen-bond donors (Lipinski definition) is 1. The molecule has 1 fully saturated rings. The Morgan fingerprint density at radius 2 is 2.39 bits per heavy atom. The van der Waals surface area contributed by atoms with Gasteiger partial charge in [0, 0.05) is 6.61 Å². The van der Waals surface area contributed by atoms with Crippen molar-refractivity contribution in [2.75, 3.05) is 13.2 Å². The van der Waals surface area contributed by atoms with Crippen LogP contribution in [-0.4, -0.2) is 24.9 Å². The van der Waals surface area contributed by atoms with E-state index in [0.717, 1.165) is 44.7 Å². The quantitative estimate of drug-likeness (QED) is 0.837. The summed E-state index contributed by atoms with van der Waals surface area (Å²) in [6.07, 6.45) is 8.97. The lowest BCUT2D eigenvalue weighted by molar-refractivity contribution is -0.0947. The summed E-state index contributed by atoms with van der Waals surface area (Å²) in [4.78, 5) is 0. The molecule has 1 saturated carbocycles. The first-order valence-corrected chi connectivity index (χ1v) is 7.40. The van der Waals surface area contributed by atoms with E-state index in [4.69, 9.17) is 15.2 Å². The number of rotatable bonds is 4. The van der Waals surface area contributed by atoms with Crippen LogP contribution in [-0.2, 0) is 9.47 Å². The molecule has 2 N–H and O–H groups in total. The van der Waals surface area contributed by atoms with Gasteiger partial charge in [0.05, 0.1) is 18.2 Å². The van der Waals surface area contributed by atoms with Crippen molar-refractivity contribution in [3.63, 3.8) is 0 Å². The predicted octanol–water partition coefficient (Wildman–Crippen LogP) is 2.99. The standard InChI is InChI=1S/C15H27NO2/c1-3-18-15(9-6-7-12(2)11-15)14(16)13-8-4-5-10-17-13/h8,12,14H,3-7,9-11,16H2,1-2H3. The van der Waals surface area contributed by atoms with Crippen LogP contribution in [0.4, 0.5) is 0 Å². The predicted molar refractivity (Wildman–Crippen MR) is 73.2 cm³/mol. The lowest BCUT2D eigenvalue weighted by Gasteiger charge is -2.44. The van der Waals surface area contributed by atoms with Crippen LogP contribution in [0.2, 0.25) is 0 Å². The van der Waals surface area contributed by atoms with E-state index < -0.39 is 0 Å². The average molecular weight is 253 g/mol. The van der Waals surface area contributed by atoms with Crippen molar-refractivity contribution in [2.24, 2.45) is 11.7 Å². The zero-order valence-corrected chi connectivity index (χ0v) is 11.8. The van der Waals surface area contributed by atoms with Crippen LogP contribution in [0.1, 0.15) is 52.4 Å². The summed E-state index contributed by atoms with van der Waals surface area (Å²) >= 11 is 0. The molecule has 3 unspecified atom stereocenters. The highest BCUT2D eigenvalue weighted by Gasteiger charge is 2.43. The van der Waals surface area contributed by atoms with Crippen LogP contribution in [0, 0.1) is 5.92 Å². The van der Waals surface area contributed by atoms with Gasteiger partial charge in [-0.1, -0.05) is 19.8 Å². The van der Waals surface area contributed by atoms with E-state index >= 15 is 0 Å². The Labute approximate surface area is 111 Å². The first-order valence-electron chi connectivity index (χ1n) is 7.40. The largest absolute Gasteiger partial charge is 0.496 e. The van der Waals surface area contributed by atoms with E-state index in [1.54, 1.807) is 0 Å². The second kappa shape index (κ2) is 6.07. The fourth-order valence-corrected chi connectivity index (χ4v) is 3.39. The molecule has 0 saturated heterocycles. The van der Waals surface area contributed by atoms with E-state index in [1.807, 2.05) is 0 Å². The van der Waals surface area contributed by atoms with Gasteiger partial charge in [-0.25, -0.2) is 0 Å². The molecule has 0 aromatic heterocycles. The molecule has 2 aliphatic rings. The second-order valence-electron chi connectivity index (χ2n) is 5.77. The Morgan fingerprint density at radius 1 is 1.56 bits per heavy atom. The molecule has 104 valence electrons. The first-order chi connectivity index (χ1) is 8.68. The third-order valence-electron chi connectivity index (χ3n) is 4.26. The summed E-state index contributed by atoms with van der Waals surface area (Å²) in [5.41, 5.74) is 6.29. The highest BCUT2D eigenvalue weighted by molar-refractivity contribution is 5.13. The van der Waals surface area contributed by atoms with Crippen LogP contribution in [0.3, 0.4) is 0 Å². The summed E-state index contributed by atoms with van der Waals surface area (Å²) < 4.78 is 11.9. The Kier molecular flexibility index (Phi) is 4.68. The van der Waals surface area contributed by atoms with Crippen molar-refractivity contribution in [1.82, 2.24) is 0 Å². The molecule has 0 bridgehead atoms. The fraction of sp³-hybridized carbons (Fsp3) is 0.867. The number of ether oxygens (including phenoxy) is 2. The number of nitrogens with two attached hydrogens (primary N) is 1. The Morgan fingerprint density at radius 3 is 3.00 bits per heavy atom. The third kappa shape index (κ3) is 2.89. The molecule has 2 rings (SSSR count). The molecule has 0 aromatic rings. The molecule has 0 radical (unpaired) electrons. The van der Waals surface area contributed by atoms with Crippen molar-refractivity contribution >= 4 is 0 Å². The van der Waals surface area contributed by atoms with Crippen molar-refractivity contribution in [3.8, 4) is 0 Å². The Hall–Kier alpha value is -0.540. The van der Waals surface area contributed by atoms with Crippen molar-refractivity contribution in [1.29, 1.82) is 0 Å². The van der Waals surface area contributed by atoms with Gasteiger partial charge in [-0.15, -0.1) is 0 Å². The lowest BCUT2D eigenvalue weighted by Crippen LogP contribution is -2.54. The van der Waals surface area contributed by atoms with Crippen LogP contribution in [0.15, 0.2) is 11.8 Å². The molecular formula is C15H27NO2. The average Bonchev–Trinajstić information content (AvgIpc) is 2.39. The number of hydrogen-bond acceptors (Lipinski definition) is 3. The van der Waals surface area contributed by atoms with Crippen molar-refractivity contribution < 1.29 is 9.47 Å². The fourth-order valence-electron chi connectivity index (χ4n) is 3.39. The summed E-state index contributed by atoms with van der Waals surface area (Å²) in [6.45, 7) is 5.89. The van der Waals surface area contributed by atoms with E-state index in [9.17, 15) is 0 Å². The molecule has 1 aliphatic heterocycles. The summed E-state index contributed by atoms with van der Waals surface area (Å²) in [5, 5.41) is 0. The summed E-state index contributed by atoms with van der Waals surface area (Å²) in [6, 6.07) is -0.0968. The van der Waals surface area contributed by atoms with E-state index in [0.29, 0.717) is 5.92 Å². The summed E-state index contributed by atoms with van der Waals surface area (Å²) in [7, 11) is 0. The van der Waals surface area contributed by atoms with Gasteiger partial charge in [0.15, 0.2) is 0 Å². The molecule has 3 atom stereocenters. The van der Waals surface area contributed by atoms with Crippen LogP contribution >= 0.6 is 0 Å². The van der Waals surface area contributed by atoms with Crippen LogP contribution in [0.25, 0.3) is 0 Å². The topological polar surface area (TPSA) is 44.5 Å². The zero-order valence-electron chi connectivity index (χ0n) is 11.8. The molecule has 18 heavy (non-hydrogen) atoms. The van der Waals surface area contributed by atoms with Gasteiger partial charge >= 0.3 is 0 Å². The van der Waals surface area contributed by atoms with E-state index in [2.05, 4.69) is 19.9 Å². The second-order valence-corrected chi connectivity index (χ2v) is 5.77. The SMILES string of the molecule is CCOC1(C(N)C2=CCCCO2)CCCC(C)C1. The minimum absolute atomic E-state index is 0.0968. The lowest BCUT2D eigenvalue weighted by atomic mass is 9.74. The van der Waals surface area contributed by atoms with Gasteiger partial charge in [-0.3, -0.25) is 0 Å². The third-order valence-corrected chi connectivity index (χ3v) is 4.26. The van der Waals surface area contributed by atoms with Gasteiger partial charge in [0.1, 0.15) is 5.76 Å². The highest BCUT2D eigenvalue weighted by Crippen LogP contribution is 2.39. The highest BCUT2D eigenvalue weighted by atomic mass is 16.5. The zero-order chi connectivity index (χ0) is 13.0. The van der Waals surface area contributed by atoms with Gasteiger partial charge in [-0.2, -0.15) is 0 Å². The normalized spacial score (nSPS) is 34.6. The Balaban J connectivity index is 2.14. The monoisotopic (exact) mass is 253 g/mol.